The van der Waals surface area contributed by atoms with Crippen LogP contribution in [0, 0.1) is 0 Å². The van der Waals surface area contributed by atoms with Crippen molar-refractivity contribution in [1.29, 1.82) is 0 Å². The van der Waals surface area contributed by atoms with Gasteiger partial charge >= 0.3 is 0 Å². The molecule has 6 nitrogen and oxygen atoms in total. The van der Waals surface area contributed by atoms with E-state index in [0.29, 0.717) is 43.3 Å². The maximum Gasteiger partial charge on any atom is 0.255 e. The lowest BCUT2D eigenvalue weighted by Crippen LogP contribution is -2.41. The van der Waals surface area contributed by atoms with E-state index >= 15 is 0 Å². The van der Waals surface area contributed by atoms with Crippen LogP contribution in [0.1, 0.15) is 10.4 Å². The highest BCUT2D eigenvalue weighted by molar-refractivity contribution is 5.94. The van der Waals surface area contributed by atoms with Gasteiger partial charge in [-0.2, -0.15) is 0 Å². The molecular formula is C17H18N2O4. The number of rotatable bonds is 3. The predicted octanol–water partition coefficient (Wildman–Crippen LogP) is 1.32. The van der Waals surface area contributed by atoms with Crippen molar-refractivity contribution in [2.45, 2.75) is 0 Å². The highest BCUT2D eigenvalue weighted by atomic mass is 16.5. The van der Waals surface area contributed by atoms with E-state index in [9.17, 15) is 9.59 Å². The maximum absolute atomic E-state index is 12.5. The van der Waals surface area contributed by atoms with Crippen LogP contribution in [-0.4, -0.2) is 48.8 Å². The number of methoxy groups -OCH3 is 1. The number of aromatic nitrogens is 1. The second kappa shape index (κ2) is 6.66. The third-order valence-electron chi connectivity index (χ3n) is 3.81. The topological polar surface area (TPSA) is 60.8 Å². The molecule has 6 heteroatoms. The summed E-state index contributed by atoms with van der Waals surface area (Å²) in [5, 5.41) is 0. The number of pyridine rings is 1. The zero-order valence-corrected chi connectivity index (χ0v) is 12.9. The van der Waals surface area contributed by atoms with Crippen LogP contribution in [0.15, 0.2) is 47.4 Å². The number of amides is 1. The van der Waals surface area contributed by atoms with Crippen molar-refractivity contribution in [3.63, 3.8) is 0 Å². The summed E-state index contributed by atoms with van der Waals surface area (Å²) in [4.78, 5) is 26.4. The molecule has 0 saturated carbocycles. The normalized spacial score (nSPS) is 14.6. The molecule has 0 spiro atoms. The largest absolute Gasteiger partial charge is 0.497 e. The molecule has 1 aromatic heterocycles. The summed E-state index contributed by atoms with van der Waals surface area (Å²) >= 11 is 0. The van der Waals surface area contributed by atoms with E-state index < -0.39 is 0 Å². The molecule has 0 N–H and O–H groups in total. The van der Waals surface area contributed by atoms with Crippen LogP contribution in [0.2, 0.25) is 0 Å². The Bertz CT molecular complexity index is 746. The van der Waals surface area contributed by atoms with Gasteiger partial charge in [-0.25, -0.2) is 0 Å². The van der Waals surface area contributed by atoms with Gasteiger partial charge in [0.2, 0.25) is 0 Å². The molecule has 3 rings (SSSR count). The van der Waals surface area contributed by atoms with Crippen LogP contribution in [0.25, 0.3) is 5.69 Å². The summed E-state index contributed by atoms with van der Waals surface area (Å²) in [6.07, 6.45) is 1.59. The third-order valence-corrected chi connectivity index (χ3v) is 3.81. The lowest BCUT2D eigenvalue weighted by Gasteiger charge is -2.27. The van der Waals surface area contributed by atoms with Crippen molar-refractivity contribution >= 4 is 5.91 Å². The Labute approximate surface area is 133 Å². The Morgan fingerprint density at radius 3 is 2.43 bits per heavy atom. The van der Waals surface area contributed by atoms with Gasteiger partial charge in [-0.3, -0.25) is 14.2 Å². The SMILES string of the molecule is COc1ccc(-n2cc(C(=O)N3CCOCC3)ccc2=O)cc1. The second-order valence-corrected chi connectivity index (χ2v) is 5.23. The summed E-state index contributed by atoms with van der Waals surface area (Å²) in [6, 6.07) is 10.1. The van der Waals surface area contributed by atoms with Gasteiger partial charge in [0.25, 0.3) is 11.5 Å². The van der Waals surface area contributed by atoms with Crippen LogP contribution in [0.5, 0.6) is 5.75 Å². The number of benzene rings is 1. The van der Waals surface area contributed by atoms with E-state index in [2.05, 4.69) is 0 Å². The number of nitrogens with zero attached hydrogens (tertiary/aromatic N) is 2. The molecule has 1 amide bonds. The number of morpholine rings is 1. The molecule has 2 aromatic rings. The molecule has 1 aliphatic heterocycles. The van der Waals surface area contributed by atoms with Crippen molar-refractivity contribution in [3.8, 4) is 11.4 Å². The zero-order chi connectivity index (χ0) is 16.2. The first-order chi connectivity index (χ1) is 11.2. The number of hydrogen-bond acceptors (Lipinski definition) is 4. The Balaban J connectivity index is 1.91. The molecule has 120 valence electrons. The molecule has 0 atom stereocenters. The average molecular weight is 314 g/mol. The van der Waals surface area contributed by atoms with Crippen molar-refractivity contribution in [2.75, 3.05) is 33.4 Å². The second-order valence-electron chi connectivity index (χ2n) is 5.23. The van der Waals surface area contributed by atoms with Crippen LogP contribution < -0.4 is 10.3 Å². The van der Waals surface area contributed by atoms with E-state index in [1.807, 2.05) is 0 Å². The van der Waals surface area contributed by atoms with Crippen molar-refractivity contribution in [3.05, 3.63) is 58.5 Å². The van der Waals surface area contributed by atoms with Crippen LogP contribution in [0.3, 0.4) is 0 Å². The van der Waals surface area contributed by atoms with Gasteiger partial charge in [0.1, 0.15) is 5.75 Å². The van der Waals surface area contributed by atoms with Crippen LogP contribution in [0.4, 0.5) is 0 Å². The van der Waals surface area contributed by atoms with Gasteiger partial charge in [0.05, 0.1) is 25.9 Å². The standard InChI is InChI=1S/C17H18N2O4/c1-22-15-5-3-14(4-6-15)19-12-13(2-7-16(19)20)17(21)18-8-10-23-11-9-18/h2-7,12H,8-11H2,1H3. The Morgan fingerprint density at radius 1 is 1.09 bits per heavy atom. The van der Waals surface area contributed by atoms with Crippen LogP contribution in [-0.2, 0) is 4.74 Å². The zero-order valence-electron chi connectivity index (χ0n) is 12.9. The third kappa shape index (κ3) is 3.27. The fraction of sp³-hybridized carbons (Fsp3) is 0.294. The first kappa shape index (κ1) is 15.3. The fourth-order valence-electron chi connectivity index (χ4n) is 2.51. The molecule has 2 heterocycles. The van der Waals surface area contributed by atoms with Gasteiger partial charge in [-0.1, -0.05) is 0 Å². The highest BCUT2D eigenvalue weighted by Gasteiger charge is 2.19. The van der Waals surface area contributed by atoms with Crippen molar-refractivity contribution < 1.29 is 14.3 Å². The van der Waals surface area contributed by atoms with Gasteiger partial charge in [0.15, 0.2) is 0 Å². The lowest BCUT2D eigenvalue weighted by atomic mass is 10.2. The van der Waals surface area contributed by atoms with E-state index in [1.54, 1.807) is 48.5 Å². The van der Waals surface area contributed by atoms with Gasteiger partial charge in [-0.15, -0.1) is 0 Å². The van der Waals surface area contributed by atoms with E-state index in [0.717, 1.165) is 0 Å². The van der Waals surface area contributed by atoms with E-state index in [1.165, 1.54) is 10.6 Å². The molecule has 0 radical (unpaired) electrons. The predicted molar refractivity (Wildman–Crippen MR) is 85.3 cm³/mol. The molecule has 23 heavy (non-hydrogen) atoms. The average Bonchev–Trinajstić information content (AvgIpc) is 2.62. The van der Waals surface area contributed by atoms with Crippen molar-refractivity contribution in [1.82, 2.24) is 9.47 Å². The monoisotopic (exact) mass is 314 g/mol. The molecule has 0 bridgehead atoms. The Hall–Kier alpha value is -2.60. The molecule has 1 aliphatic rings. The minimum Gasteiger partial charge on any atom is -0.497 e. The Morgan fingerprint density at radius 2 is 1.78 bits per heavy atom. The van der Waals surface area contributed by atoms with Gasteiger partial charge in [-0.05, 0) is 30.3 Å². The van der Waals surface area contributed by atoms with Gasteiger partial charge < -0.3 is 14.4 Å². The molecule has 1 aromatic carbocycles. The smallest absolute Gasteiger partial charge is 0.255 e. The van der Waals surface area contributed by atoms with E-state index in [4.69, 9.17) is 9.47 Å². The summed E-state index contributed by atoms with van der Waals surface area (Å²) in [7, 11) is 1.59. The summed E-state index contributed by atoms with van der Waals surface area (Å²) < 4.78 is 11.8. The van der Waals surface area contributed by atoms with Crippen molar-refractivity contribution in [2.24, 2.45) is 0 Å². The highest BCUT2D eigenvalue weighted by Crippen LogP contribution is 2.14. The molecule has 0 aliphatic carbocycles. The molecule has 1 saturated heterocycles. The summed E-state index contributed by atoms with van der Waals surface area (Å²) in [6.45, 7) is 2.23. The van der Waals surface area contributed by atoms with E-state index in [-0.39, 0.29) is 11.5 Å². The number of hydrogen-bond donors (Lipinski definition) is 0. The number of carbonyl (C=O) groups is 1. The molecule has 1 fully saturated rings. The Kier molecular flexibility index (Phi) is 4.43. The minimum absolute atomic E-state index is 0.0874. The molecule has 0 unspecified atom stereocenters. The minimum atomic E-state index is -0.186. The maximum atomic E-state index is 12.5. The van der Waals surface area contributed by atoms with Gasteiger partial charge in [0, 0.05) is 31.0 Å². The number of carbonyl (C=O) groups excluding carboxylic acids is 1. The summed E-state index contributed by atoms with van der Waals surface area (Å²) in [5.41, 5.74) is 0.989. The molecular weight excluding hydrogens is 296 g/mol. The number of ether oxygens (including phenoxy) is 2. The quantitative estimate of drug-likeness (QED) is 0.857. The fourth-order valence-corrected chi connectivity index (χ4v) is 2.51. The first-order valence-electron chi connectivity index (χ1n) is 7.43. The lowest BCUT2D eigenvalue weighted by molar-refractivity contribution is 0.0302. The van der Waals surface area contributed by atoms with Crippen LogP contribution >= 0.6 is 0 Å². The summed E-state index contributed by atoms with van der Waals surface area (Å²) in [5.74, 6) is 0.623. The first-order valence-corrected chi connectivity index (χ1v) is 7.43.